The van der Waals surface area contributed by atoms with E-state index in [-0.39, 0.29) is 24.1 Å². The van der Waals surface area contributed by atoms with Crippen molar-refractivity contribution in [1.29, 1.82) is 0 Å². The SMILES string of the molecule is CC1CN(S(=O)(=O)CCC(=O)O)CCC1N. The van der Waals surface area contributed by atoms with Crippen LogP contribution in [0.25, 0.3) is 0 Å². The first kappa shape index (κ1) is 13.4. The molecule has 2 atom stereocenters. The normalized spacial score (nSPS) is 27.9. The Bertz CT molecular complexity index is 355. The largest absolute Gasteiger partial charge is 0.481 e. The molecule has 0 spiro atoms. The highest BCUT2D eigenvalue weighted by Gasteiger charge is 2.30. The standard InChI is InChI=1S/C9H18N2O4S/c1-7-6-11(4-2-8(7)10)16(14,15)5-3-9(12)13/h7-8H,2-6,10H2,1H3,(H,12,13). The van der Waals surface area contributed by atoms with Gasteiger partial charge >= 0.3 is 5.97 Å². The Kier molecular flexibility index (Phi) is 4.28. The molecule has 1 aliphatic rings. The molecule has 1 saturated heterocycles. The van der Waals surface area contributed by atoms with Crippen molar-refractivity contribution in [2.24, 2.45) is 11.7 Å². The van der Waals surface area contributed by atoms with E-state index in [1.54, 1.807) is 0 Å². The second-order valence-electron chi connectivity index (χ2n) is 4.25. The minimum Gasteiger partial charge on any atom is -0.481 e. The number of piperidine rings is 1. The number of aliphatic carboxylic acids is 1. The van der Waals surface area contributed by atoms with Crippen LogP contribution in [-0.4, -0.2) is 48.7 Å². The van der Waals surface area contributed by atoms with Crippen LogP contribution in [0, 0.1) is 5.92 Å². The lowest BCUT2D eigenvalue weighted by molar-refractivity contribution is -0.136. The Morgan fingerprint density at radius 1 is 1.56 bits per heavy atom. The summed E-state index contributed by atoms with van der Waals surface area (Å²) in [5.74, 6) is -1.30. The molecule has 7 heteroatoms. The predicted molar refractivity (Wildman–Crippen MR) is 59.4 cm³/mol. The molecule has 0 aromatic carbocycles. The van der Waals surface area contributed by atoms with Crippen molar-refractivity contribution < 1.29 is 18.3 Å². The number of carboxylic acids is 1. The summed E-state index contributed by atoms with van der Waals surface area (Å²) < 4.78 is 24.9. The molecular formula is C9H18N2O4S. The number of nitrogens with zero attached hydrogens (tertiary/aromatic N) is 1. The highest BCUT2D eigenvalue weighted by atomic mass is 32.2. The molecule has 0 saturated carbocycles. The second kappa shape index (κ2) is 5.11. The first-order valence-electron chi connectivity index (χ1n) is 5.28. The quantitative estimate of drug-likeness (QED) is 0.698. The van der Waals surface area contributed by atoms with Gasteiger partial charge in [0.15, 0.2) is 0 Å². The van der Waals surface area contributed by atoms with Crippen molar-refractivity contribution in [3.8, 4) is 0 Å². The number of hydrogen-bond acceptors (Lipinski definition) is 4. The number of nitrogens with two attached hydrogens (primary N) is 1. The molecule has 0 aromatic rings. The molecule has 0 amide bonds. The lowest BCUT2D eigenvalue weighted by Gasteiger charge is -2.34. The zero-order valence-electron chi connectivity index (χ0n) is 9.30. The Morgan fingerprint density at radius 2 is 2.19 bits per heavy atom. The van der Waals surface area contributed by atoms with Gasteiger partial charge in [0.1, 0.15) is 0 Å². The third kappa shape index (κ3) is 3.43. The Hall–Kier alpha value is -0.660. The van der Waals surface area contributed by atoms with Crippen LogP contribution in [0.4, 0.5) is 0 Å². The van der Waals surface area contributed by atoms with E-state index in [2.05, 4.69) is 0 Å². The molecule has 3 N–H and O–H groups in total. The van der Waals surface area contributed by atoms with Crippen molar-refractivity contribution in [2.75, 3.05) is 18.8 Å². The highest BCUT2D eigenvalue weighted by Crippen LogP contribution is 2.18. The fourth-order valence-electron chi connectivity index (χ4n) is 1.72. The van der Waals surface area contributed by atoms with Crippen LogP contribution in [-0.2, 0) is 14.8 Å². The number of carbonyl (C=O) groups is 1. The first-order chi connectivity index (χ1) is 7.33. The average Bonchev–Trinajstić information content (AvgIpc) is 2.19. The van der Waals surface area contributed by atoms with E-state index in [4.69, 9.17) is 10.8 Å². The van der Waals surface area contributed by atoms with Crippen LogP contribution < -0.4 is 5.73 Å². The Balaban J connectivity index is 2.59. The molecule has 1 heterocycles. The number of sulfonamides is 1. The summed E-state index contributed by atoms with van der Waals surface area (Å²) in [6.45, 7) is 2.69. The molecule has 1 fully saturated rings. The molecule has 0 aliphatic carbocycles. The molecule has 16 heavy (non-hydrogen) atoms. The van der Waals surface area contributed by atoms with Gasteiger partial charge in [0, 0.05) is 19.1 Å². The van der Waals surface area contributed by atoms with Crippen LogP contribution in [0.5, 0.6) is 0 Å². The van der Waals surface area contributed by atoms with Gasteiger partial charge in [0.05, 0.1) is 12.2 Å². The van der Waals surface area contributed by atoms with Gasteiger partial charge in [-0.05, 0) is 12.3 Å². The van der Waals surface area contributed by atoms with Crippen LogP contribution in [0.15, 0.2) is 0 Å². The van der Waals surface area contributed by atoms with Gasteiger partial charge in [-0.25, -0.2) is 12.7 Å². The monoisotopic (exact) mass is 250 g/mol. The Labute approximate surface area is 95.5 Å². The van der Waals surface area contributed by atoms with Gasteiger partial charge in [-0.3, -0.25) is 4.79 Å². The molecule has 0 aromatic heterocycles. The second-order valence-corrected chi connectivity index (χ2v) is 6.34. The molecule has 6 nitrogen and oxygen atoms in total. The summed E-state index contributed by atoms with van der Waals surface area (Å²) in [5.41, 5.74) is 5.79. The molecule has 2 unspecified atom stereocenters. The molecule has 1 rings (SSSR count). The average molecular weight is 250 g/mol. The fraction of sp³-hybridized carbons (Fsp3) is 0.889. The summed E-state index contributed by atoms with van der Waals surface area (Å²) in [6, 6.07) is 0.0333. The molecule has 0 bridgehead atoms. The molecule has 1 aliphatic heterocycles. The van der Waals surface area contributed by atoms with Crippen molar-refractivity contribution in [1.82, 2.24) is 4.31 Å². The first-order valence-corrected chi connectivity index (χ1v) is 6.89. The van der Waals surface area contributed by atoms with Gasteiger partial charge < -0.3 is 10.8 Å². The lowest BCUT2D eigenvalue weighted by Crippen LogP contribution is -2.48. The van der Waals surface area contributed by atoms with Gasteiger partial charge in [0.2, 0.25) is 10.0 Å². The maximum absolute atomic E-state index is 11.8. The Morgan fingerprint density at radius 3 is 2.69 bits per heavy atom. The summed E-state index contributed by atoms with van der Waals surface area (Å²) >= 11 is 0. The predicted octanol–water partition coefficient (Wildman–Crippen LogP) is -0.540. The smallest absolute Gasteiger partial charge is 0.304 e. The fourth-order valence-corrected chi connectivity index (χ4v) is 3.26. The van der Waals surface area contributed by atoms with E-state index in [0.29, 0.717) is 19.5 Å². The van der Waals surface area contributed by atoms with Gasteiger partial charge in [-0.1, -0.05) is 6.92 Å². The highest BCUT2D eigenvalue weighted by molar-refractivity contribution is 7.89. The van der Waals surface area contributed by atoms with E-state index < -0.39 is 16.0 Å². The third-order valence-corrected chi connectivity index (χ3v) is 4.74. The van der Waals surface area contributed by atoms with Gasteiger partial charge in [-0.2, -0.15) is 0 Å². The summed E-state index contributed by atoms with van der Waals surface area (Å²) in [6.07, 6.45) is 0.284. The van der Waals surface area contributed by atoms with Crippen LogP contribution >= 0.6 is 0 Å². The third-order valence-electron chi connectivity index (χ3n) is 2.90. The zero-order chi connectivity index (χ0) is 12.3. The van der Waals surface area contributed by atoms with Gasteiger partial charge in [-0.15, -0.1) is 0 Å². The van der Waals surface area contributed by atoms with E-state index in [0.717, 1.165) is 0 Å². The maximum atomic E-state index is 11.8. The zero-order valence-corrected chi connectivity index (χ0v) is 10.1. The van der Waals surface area contributed by atoms with Gasteiger partial charge in [0.25, 0.3) is 0 Å². The van der Waals surface area contributed by atoms with E-state index in [9.17, 15) is 13.2 Å². The number of rotatable bonds is 4. The summed E-state index contributed by atoms with van der Waals surface area (Å²) in [4.78, 5) is 10.3. The van der Waals surface area contributed by atoms with E-state index in [1.807, 2.05) is 6.92 Å². The minimum absolute atomic E-state index is 0.0333. The van der Waals surface area contributed by atoms with Crippen molar-refractivity contribution in [3.05, 3.63) is 0 Å². The number of carboxylic acid groups (broad SMARTS) is 1. The topological polar surface area (TPSA) is 101 Å². The van der Waals surface area contributed by atoms with Crippen LogP contribution in [0.3, 0.4) is 0 Å². The maximum Gasteiger partial charge on any atom is 0.304 e. The van der Waals surface area contributed by atoms with Crippen molar-refractivity contribution in [3.63, 3.8) is 0 Å². The van der Waals surface area contributed by atoms with E-state index in [1.165, 1.54) is 4.31 Å². The van der Waals surface area contributed by atoms with Crippen molar-refractivity contribution >= 4 is 16.0 Å². The van der Waals surface area contributed by atoms with Crippen molar-refractivity contribution in [2.45, 2.75) is 25.8 Å². The van der Waals surface area contributed by atoms with E-state index >= 15 is 0 Å². The summed E-state index contributed by atoms with van der Waals surface area (Å²) in [5, 5.41) is 8.47. The van der Waals surface area contributed by atoms with Crippen LogP contribution in [0.1, 0.15) is 19.8 Å². The van der Waals surface area contributed by atoms with Crippen LogP contribution in [0.2, 0.25) is 0 Å². The molecule has 0 radical (unpaired) electrons. The lowest BCUT2D eigenvalue weighted by atomic mass is 9.96. The molecular weight excluding hydrogens is 232 g/mol. The number of hydrogen-bond donors (Lipinski definition) is 2. The minimum atomic E-state index is -3.44. The summed E-state index contributed by atoms with van der Waals surface area (Å²) in [7, 11) is -3.44. The molecule has 94 valence electrons.